The highest BCUT2D eigenvalue weighted by atomic mass is 32.2. The van der Waals surface area contributed by atoms with Gasteiger partial charge in [-0.15, -0.1) is 0 Å². The minimum Gasteiger partial charge on any atom is -0.507 e. The quantitative estimate of drug-likeness (QED) is 0.487. The van der Waals surface area contributed by atoms with Gasteiger partial charge in [0.15, 0.2) is 0 Å². The molecule has 2 aromatic carbocycles. The normalized spacial score (nSPS) is 12.0. The summed E-state index contributed by atoms with van der Waals surface area (Å²) < 4.78 is 28.3. The molecule has 3 aromatic rings. The first-order chi connectivity index (χ1) is 15.4. The monoisotopic (exact) mass is 470 g/mol. The second-order valence-corrected chi connectivity index (χ2v) is 10.7. The summed E-state index contributed by atoms with van der Waals surface area (Å²) in [5.74, 6) is 0.397. The summed E-state index contributed by atoms with van der Waals surface area (Å²) >= 11 is 0. The molecule has 0 unspecified atom stereocenters. The number of sulfonamides is 1. The number of aromatic hydroxyl groups is 1. The van der Waals surface area contributed by atoms with Crippen molar-refractivity contribution in [3.63, 3.8) is 0 Å². The molecule has 0 saturated heterocycles. The maximum atomic E-state index is 12.5. The number of aromatic amines is 1. The molecule has 8 heteroatoms. The van der Waals surface area contributed by atoms with Crippen LogP contribution in [0.15, 0.2) is 53.5 Å². The standard InChI is InChI=1S/C25H30N2O5S/c1-25(2,3)21-14-20(18-6-5-13-27-24(18)29)22(28)19(23(21)32-4)12-11-16-7-9-17(10-8-16)15-33(26,30)31/h5-10,13-14,28H,11-12,15H2,1-4H3,(H,27,29)(H2,26,30,31). The van der Waals surface area contributed by atoms with E-state index in [1.807, 2.05) is 18.2 Å². The van der Waals surface area contributed by atoms with Gasteiger partial charge >= 0.3 is 0 Å². The van der Waals surface area contributed by atoms with Gasteiger partial charge in [0.25, 0.3) is 5.56 Å². The number of methoxy groups -OCH3 is 1. The van der Waals surface area contributed by atoms with Crippen LogP contribution in [0.2, 0.25) is 0 Å². The molecule has 0 saturated carbocycles. The Kier molecular flexibility index (Phi) is 7.00. The smallest absolute Gasteiger partial charge is 0.255 e. The largest absolute Gasteiger partial charge is 0.507 e. The lowest BCUT2D eigenvalue weighted by molar-refractivity contribution is 0.384. The van der Waals surface area contributed by atoms with Crippen molar-refractivity contribution in [1.82, 2.24) is 4.98 Å². The molecule has 0 spiro atoms. The van der Waals surface area contributed by atoms with Gasteiger partial charge in [0.2, 0.25) is 10.0 Å². The molecule has 0 fully saturated rings. The summed E-state index contributed by atoms with van der Waals surface area (Å²) in [6.07, 6.45) is 2.60. The van der Waals surface area contributed by atoms with Gasteiger partial charge in [-0.1, -0.05) is 45.0 Å². The maximum absolute atomic E-state index is 12.5. The Labute approximate surface area is 194 Å². The van der Waals surface area contributed by atoms with Gasteiger partial charge in [0, 0.05) is 22.9 Å². The van der Waals surface area contributed by atoms with E-state index >= 15 is 0 Å². The van der Waals surface area contributed by atoms with Gasteiger partial charge in [0.1, 0.15) is 11.5 Å². The van der Waals surface area contributed by atoms with E-state index in [2.05, 4.69) is 25.8 Å². The number of rotatable bonds is 7. The van der Waals surface area contributed by atoms with Gasteiger partial charge in [0.05, 0.1) is 18.4 Å². The highest BCUT2D eigenvalue weighted by molar-refractivity contribution is 7.88. The average molecular weight is 471 g/mol. The Bertz CT molecular complexity index is 1300. The first-order valence-electron chi connectivity index (χ1n) is 10.6. The molecule has 0 bridgehead atoms. The third-order valence-corrected chi connectivity index (χ3v) is 6.26. The lowest BCUT2D eigenvalue weighted by Crippen LogP contribution is -2.16. The molecular weight excluding hydrogens is 440 g/mol. The fourth-order valence-electron chi connectivity index (χ4n) is 3.88. The lowest BCUT2D eigenvalue weighted by atomic mass is 9.82. The van der Waals surface area contributed by atoms with Gasteiger partial charge in [-0.3, -0.25) is 4.79 Å². The number of aryl methyl sites for hydroxylation is 1. The van der Waals surface area contributed by atoms with Crippen LogP contribution in [0.25, 0.3) is 11.1 Å². The van der Waals surface area contributed by atoms with E-state index in [9.17, 15) is 18.3 Å². The van der Waals surface area contributed by atoms with E-state index in [0.29, 0.717) is 40.8 Å². The summed E-state index contributed by atoms with van der Waals surface area (Å²) in [7, 11) is -2.02. The van der Waals surface area contributed by atoms with E-state index in [1.54, 1.807) is 37.6 Å². The van der Waals surface area contributed by atoms with Gasteiger partial charge in [-0.25, -0.2) is 13.6 Å². The number of hydrogen-bond donors (Lipinski definition) is 3. The zero-order valence-corrected chi connectivity index (χ0v) is 20.1. The molecule has 0 atom stereocenters. The van der Waals surface area contributed by atoms with Crippen molar-refractivity contribution in [1.29, 1.82) is 0 Å². The van der Waals surface area contributed by atoms with Crippen LogP contribution in [0.1, 0.15) is 43.0 Å². The molecule has 3 rings (SSSR count). The first kappa shape index (κ1) is 24.5. The predicted octanol–water partition coefficient (Wildman–Crippen LogP) is 3.63. The van der Waals surface area contributed by atoms with Gasteiger partial charge < -0.3 is 14.8 Å². The van der Waals surface area contributed by atoms with Crippen LogP contribution in [0.4, 0.5) is 0 Å². The van der Waals surface area contributed by atoms with Crippen LogP contribution in [0, 0.1) is 0 Å². The molecule has 176 valence electrons. The number of nitrogens with two attached hydrogens (primary N) is 1. The zero-order chi connectivity index (χ0) is 24.4. The number of nitrogens with one attached hydrogen (secondary N) is 1. The van der Waals surface area contributed by atoms with Crippen molar-refractivity contribution >= 4 is 10.0 Å². The van der Waals surface area contributed by atoms with E-state index in [-0.39, 0.29) is 22.5 Å². The van der Waals surface area contributed by atoms with Crippen molar-refractivity contribution in [2.45, 2.75) is 44.8 Å². The zero-order valence-electron chi connectivity index (χ0n) is 19.3. The number of pyridine rings is 1. The number of benzene rings is 2. The number of hydrogen-bond acceptors (Lipinski definition) is 5. The molecule has 33 heavy (non-hydrogen) atoms. The minimum atomic E-state index is -3.59. The molecule has 4 N–H and O–H groups in total. The molecule has 0 aliphatic rings. The van der Waals surface area contributed by atoms with E-state index < -0.39 is 10.0 Å². The van der Waals surface area contributed by atoms with E-state index in [0.717, 1.165) is 11.1 Å². The number of primary sulfonamides is 1. The molecule has 1 aromatic heterocycles. The van der Waals surface area contributed by atoms with Crippen molar-refractivity contribution in [2.75, 3.05) is 7.11 Å². The fraction of sp³-hybridized carbons (Fsp3) is 0.320. The molecular formula is C25H30N2O5S. The molecule has 1 heterocycles. The Balaban J connectivity index is 2.04. The number of H-pyrrole nitrogens is 1. The van der Waals surface area contributed by atoms with Crippen molar-refractivity contribution in [3.8, 4) is 22.6 Å². The summed E-state index contributed by atoms with van der Waals surface area (Å²) in [6, 6.07) is 12.4. The second kappa shape index (κ2) is 9.41. The number of aromatic nitrogens is 1. The van der Waals surface area contributed by atoms with Crippen LogP contribution in [-0.4, -0.2) is 25.6 Å². The minimum absolute atomic E-state index is 0.0161. The number of phenolic OH excluding ortho intramolecular Hbond substituents is 1. The van der Waals surface area contributed by atoms with Crippen LogP contribution in [0.3, 0.4) is 0 Å². The van der Waals surface area contributed by atoms with E-state index in [1.165, 1.54) is 0 Å². The average Bonchev–Trinajstić information content (AvgIpc) is 2.72. The predicted molar refractivity (Wildman–Crippen MR) is 130 cm³/mol. The van der Waals surface area contributed by atoms with Crippen LogP contribution >= 0.6 is 0 Å². The van der Waals surface area contributed by atoms with Crippen LogP contribution in [-0.2, 0) is 34.0 Å². The van der Waals surface area contributed by atoms with Gasteiger partial charge in [-0.05, 0) is 47.6 Å². The first-order valence-corrected chi connectivity index (χ1v) is 12.3. The topological polar surface area (TPSA) is 122 Å². The number of ether oxygens (including phenoxy) is 1. The molecule has 0 aliphatic carbocycles. The third kappa shape index (κ3) is 5.83. The number of phenols is 1. The Morgan fingerprint density at radius 2 is 1.67 bits per heavy atom. The summed E-state index contributed by atoms with van der Waals surface area (Å²) in [4.78, 5) is 15.1. The van der Waals surface area contributed by atoms with E-state index in [4.69, 9.17) is 9.88 Å². The molecule has 7 nitrogen and oxygen atoms in total. The molecule has 0 radical (unpaired) electrons. The Morgan fingerprint density at radius 3 is 2.21 bits per heavy atom. The summed E-state index contributed by atoms with van der Waals surface area (Å²) in [5, 5.41) is 16.3. The third-order valence-electron chi connectivity index (χ3n) is 5.52. The second-order valence-electron chi connectivity index (χ2n) is 9.12. The fourth-order valence-corrected chi connectivity index (χ4v) is 4.53. The highest BCUT2D eigenvalue weighted by Gasteiger charge is 2.27. The summed E-state index contributed by atoms with van der Waals surface area (Å²) in [5.41, 5.74) is 3.36. The SMILES string of the molecule is COc1c(C(C)(C)C)cc(-c2ccc[nH]c2=O)c(O)c1CCc1ccc(CS(N)(=O)=O)cc1. The summed E-state index contributed by atoms with van der Waals surface area (Å²) in [6.45, 7) is 6.15. The van der Waals surface area contributed by atoms with Crippen LogP contribution < -0.4 is 15.4 Å². The maximum Gasteiger partial charge on any atom is 0.255 e. The Morgan fingerprint density at radius 1 is 1.03 bits per heavy atom. The lowest BCUT2D eigenvalue weighted by Gasteiger charge is -2.26. The van der Waals surface area contributed by atoms with Gasteiger partial charge in [-0.2, -0.15) is 0 Å². The Hall–Kier alpha value is -3.10. The van der Waals surface area contributed by atoms with Crippen molar-refractivity contribution < 1.29 is 18.3 Å². The highest BCUT2D eigenvalue weighted by Crippen LogP contribution is 2.44. The molecule has 0 aliphatic heterocycles. The molecule has 0 amide bonds. The van der Waals surface area contributed by atoms with Crippen molar-refractivity contribution in [3.05, 3.63) is 81.3 Å². The van der Waals surface area contributed by atoms with Crippen LogP contribution in [0.5, 0.6) is 11.5 Å². The van der Waals surface area contributed by atoms with Crippen molar-refractivity contribution in [2.24, 2.45) is 5.14 Å².